The van der Waals surface area contributed by atoms with Crippen molar-refractivity contribution in [1.29, 1.82) is 0 Å². The SMILES string of the molecule is O=C(O)CCC(=O)c1ccc(Sc2ccc([S+](c3ccccc3)c3ccccc3)cc2)cc1. The summed E-state index contributed by atoms with van der Waals surface area (Å²) < 4.78 is 0. The van der Waals surface area contributed by atoms with Gasteiger partial charge in [0.1, 0.15) is 0 Å². The summed E-state index contributed by atoms with van der Waals surface area (Å²) >= 11 is 1.64. The van der Waals surface area contributed by atoms with Crippen LogP contribution in [-0.4, -0.2) is 16.9 Å². The van der Waals surface area contributed by atoms with Crippen molar-refractivity contribution in [2.75, 3.05) is 0 Å². The summed E-state index contributed by atoms with van der Waals surface area (Å²) in [5, 5.41) is 8.75. The summed E-state index contributed by atoms with van der Waals surface area (Å²) in [6, 6.07) is 37.1. The maximum atomic E-state index is 12.1. The highest BCUT2D eigenvalue weighted by molar-refractivity contribution is 7.99. The zero-order valence-corrected chi connectivity index (χ0v) is 19.5. The van der Waals surface area contributed by atoms with Gasteiger partial charge in [0.2, 0.25) is 0 Å². The van der Waals surface area contributed by atoms with Crippen molar-refractivity contribution in [3.05, 3.63) is 115 Å². The van der Waals surface area contributed by atoms with Gasteiger partial charge >= 0.3 is 5.97 Å². The van der Waals surface area contributed by atoms with Crippen LogP contribution in [-0.2, 0) is 15.7 Å². The molecule has 0 aromatic heterocycles. The highest BCUT2D eigenvalue weighted by Gasteiger charge is 2.28. The summed E-state index contributed by atoms with van der Waals surface area (Å²) in [7, 11) is -0.172. The lowest BCUT2D eigenvalue weighted by molar-refractivity contribution is -0.136. The molecule has 0 bridgehead atoms. The fraction of sp³-hybridized carbons (Fsp3) is 0.0714. The second-order valence-corrected chi connectivity index (χ2v) is 10.5. The summed E-state index contributed by atoms with van der Waals surface area (Å²) in [5.41, 5.74) is 0.547. The molecule has 4 rings (SSSR count). The Hall–Kier alpha value is -3.28. The number of rotatable bonds is 9. The van der Waals surface area contributed by atoms with Crippen LogP contribution in [0.4, 0.5) is 0 Å². The van der Waals surface area contributed by atoms with Crippen LogP contribution >= 0.6 is 11.8 Å². The van der Waals surface area contributed by atoms with E-state index in [1.165, 1.54) is 14.7 Å². The van der Waals surface area contributed by atoms with Crippen LogP contribution in [0.3, 0.4) is 0 Å². The Kier molecular flexibility index (Phi) is 7.66. The molecule has 0 saturated carbocycles. The summed E-state index contributed by atoms with van der Waals surface area (Å²) in [6.45, 7) is 0. The Morgan fingerprint density at radius 1 is 0.606 bits per heavy atom. The lowest BCUT2D eigenvalue weighted by Gasteiger charge is -2.09. The summed E-state index contributed by atoms with van der Waals surface area (Å²) in [4.78, 5) is 28.7. The van der Waals surface area contributed by atoms with Gasteiger partial charge in [-0.1, -0.05) is 60.3 Å². The highest BCUT2D eigenvalue weighted by atomic mass is 32.2. The lowest BCUT2D eigenvalue weighted by atomic mass is 10.1. The smallest absolute Gasteiger partial charge is 0.303 e. The molecule has 5 heteroatoms. The molecule has 33 heavy (non-hydrogen) atoms. The van der Waals surface area contributed by atoms with Gasteiger partial charge in [0, 0.05) is 21.8 Å². The second-order valence-electron chi connectivity index (χ2n) is 7.35. The van der Waals surface area contributed by atoms with Gasteiger partial charge in [-0.3, -0.25) is 9.59 Å². The summed E-state index contributed by atoms with van der Waals surface area (Å²) in [6.07, 6.45) is -0.122. The predicted molar refractivity (Wildman–Crippen MR) is 133 cm³/mol. The minimum absolute atomic E-state index is 0.0219. The van der Waals surface area contributed by atoms with Crippen molar-refractivity contribution in [2.24, 2.45) is 0 Å². The molecule has 0 aliphatic rings. The lowest BCUT2D eigenvalue weighted by Crippen LogP contribution is -2.04. The first-order chi connectivity index (χ1) is 16.1. The molecule has 0 spiro atoms. The molecule has 0 heterocycles. The monoisotopic (exact) mass is 471 g/mol. The van der Waals surface area contributed by atoms with E-state index >= 15 is 0 Å². The minimum atomic E-state index is -0.957. The number of hydrogen-bond donors (Lipinski definition) is 1. The van der Waals surface area contributed by atoms with Crippen LogP contribution in [0.15, 0.2) is 134 Å². The highest BCUT2D eigenvalue weighted by Crippen LogP contribution is 2.34. The van der Waals surface area contributed by atoms with Crippen LogP contribution in [0, 0.1) is 0 Å². The van der Waals surface area contributed by atoms with Gasteiger partial charge in [0.15, 0.2) is 20.5 Å². The Bertz CT molecular complexity index is 1170. The average Bonchev–Trinajstić information content (AvgIpc) is 2.85. The summed E-state index contributed by atoms with van der Waals surface area (Å²) in [5.74, 6) is -1.10. The minimum Gasteiger partial charge on any atom is -0.481 e. The topological polar surface area (TPSA) is 54.4 Å². The molecule has 0 aliphatic carbocycles. The number of carbonyl (C=O) groups excluding carboxylic acids is 1. The van der Waals surface area contributed by atoms with E-state index in [2.05, 4.69) is 72.8 Å². The number of aliphatic carboxylic acids is 1. The third-order valence-corrected chi connectivity index (χ3v) is 8.24. The van der Waals surface area contributed by atoms with Crippen molar-refractivity contribution in [1.82, 2.24) is 0 Å². The second kappa shape index (κ2) is 11.0. The van der Waals surface area contributed by atoms with Gasteiger partial charge in [-0.05, 0) is 60.7 Å². The number of carboxylic acid groups (broad SMARTS) is 1. The molecule has 0 atom stereocenters. The Balaban J connectivity index is 1.49. The predicted octanol–water partition coefficient (Wildman–Crippen LogP) is 6.98. The van der Waals surface area contributed by atoms with Gasteiger partial charge in [-0.25, -0.2) is 0 Å². The van der Waals surface area contributed by atoms with E-state index < -0.39 is 5.97 Å². The van der Waals surface area contributed by atoms with Gasteiger partial charge in [-0.2, -0.15) is 0 Å². The fourth-order valence-corrected chi connectivity index (χ4v) is 6.27. The molecule has 4 aromatic carbocycles. The molecule has 0 saturated heterocycles. The molecule has 4 aromatic rings. The van der Waals surface area contributed by atoms with Gasteiger partial charge < -0.3 is 5.11 Å². The van der Waals surface area contributed by atoms with Crippen LogP contribution in [0.2, 0.25) is 0 Å². The van der Waals surface area contributed by atoms with E-state index in [0.29, 0.717) is 5.56 Å². The van der Waals surface area contributed by atoms with Crippen molar-refractivity contribution in [2.45, 2.75) is 37.3 Å². The van der Waals surface area contributed by atoms with Crippen molar-refractivity contribution in [3.63, 3.8) is 0 Å². The Morgan fingerprint density at radius 2 is 1.06 bits per heavy atom. The molecule has 0 radical (unpaired) electrons. The number of benzene rings is 4. The van der Waals surface area contributed by atoms with Crippen molar-refractivity contribution < 1.29 is 14.7 Å². The standard InChI is InChI=1S/C28H22O3S2/c29-27(19-20-28(30)31)21-11-13-22(14-12-21)32-23-15-17-26(18-16-23)33(24-7-3-1-4-8-24)25-9-5-2-6-10-25/h1-18H,19-20H2/p+1. The van der Waals surface area contributed by atoms with Crippen LogP contribution in [0.5, 0.6) is 0 Å². The Morgan fingerprint density at radius 3 is 1.55 bits per heavy atom. The number of ketones is 1. The molecular formula is C28H23O3S2+. The largest absolute Gasteiger partial charge is 0.481 e. The van der Waals surface area contributed by atoms with Gasteiger partial charge in [0.05, 0.1) is 17.3 Å². The quantitative estimate of drug-likeness (QED) is 0.211. The first-order valence-electron chi connectivity index (χ1n) is 10.6. The maximum absolute atomic E-state index is 12.1. The average molecular weight is 472 g/mol. The molecule has 0 amide bonds. The fourth-order valence-electron chi connectivity index (χ4n) is 3.37. The number of Topliss-reactive ketones (excluding diaryl/α,β-unsaturated/α-hetero) is 1. The van der Waals surface area contributed by atoms with E-state index in [-0.39, 0.29) is 29.5 Å². The van der Waals surface area contributed by atoms with Crippen LogP contribution in [0.1, 0.15) is 23.2 Å². The first-order valence-corrected chi connectivity index (χ1v) is 12.6. The first kappa shape index (κ1) is 22.9. The van der Waals surface area contributed by atoms with E-state index in [0.717, 1.165) is 9.79 Å². The number of carboxylic acids is 1. The van der Waals surface area contributed by atoms with Crippen molar-refractivity contribution >= 4 is 34.4 Å². The van der Waals surface area contributed by atoms with Gasteiger partial charge in [-0.15, -0.1) is 0 Å². The van der Waals surface area contributed by atoms with Gasteiger partial charge in [0.25, 0.3) is 0 Å². The molecule has 0 aliphatic heterocycles. The number of carbonyl (C=O) groups is 2. The van der Waals surface area contributed by atoms with Crippen molar-refractivity contribution in [3.8, 4) is 0 Å². The third-order valence-electron chi connectivity index (χ3n) is 5.00. The third kappa shape index (κ3) is 6.15. The van der Waals surface area contributed by atoms with Crippen LogP contribution in [0.25, 0.3) is 0 Å². The van der Waals surface area contributed by atoms with E-state index in [1.807, 2.05) is 24.3 Å². The molecule has 0 unspecified atom stereocenters. The maximum Gasteiger partial charge on any atom is 0.303 e. The Labute approximate surface area is 200 Å². The van der Waals surface area contributed by atoms with E-state index in [4.69, 9.17) is 5.11 Å². The molecule has 3 nitrogen and oxygen atoms in total. The zero-order chi connectivity index (χ0) is 23.0. The van der Waals surface area contributed by atoms with E-state index in [1.54, 1.807) is 23.9 Å². The number of hydrogen-bond acceptors (Lipinski definition) is 3. The zero-order valence-electron chi connectivity index (χ0n) is 17.9. The normalized spacial score (nSPS) is 10.8. The molecule has 164 valence electrons. The molecule has 1 N–H and O–H groups in total. The van der Waals surface area contributed by atoms with E-state index in [9.17, 15) is 9.59 Å². The molecule has 0 fully saturated rings. The van der Waals surface area contributed by atoms with Crippen LogP contribution < -0.4 is 0 Å². The molecular weight excluding hydrogens is 448 g/mol.